The highest BCUT2D eigenvalue weighted by molar-refractivity contribution is 7.17. The molecular weight excluding hydrogens is 269 g/mol. The molecule has 0 spiro atoms. The number of aromatic nitrogens is 1. The number of thiazole rings is 1. The second-order valence-electron chi connectivity index (χ2n) is 3.15. The highest BCUT2D eigenvalue weighted by Crippen LogP contribution is 2.30. The Kier molecular flexibility index (Phi) is 3.28. The fourth-order valence-electron chi connectivity index (χ4n) is 1.13. The second kappa shape index (κ2) is 4.73. The number of hydrogen-bond acceptors (Lipinski definition) is 5. The third-order valence-corrected chi connectivity index (χ3v) is 2.47. The van der Waals surface area contributed by atoms with Crippen LogP contribution in [0.5, 0.6) is 16.7 Å². The largest absolute Gasteiger partial charge is 0.573 e. The molecule has 0 aliphatic carbocycles. The zero-order valence-electron chi connectivity index (χ0n) is 8.77. The topological polar surface area (TPSA) is 57.4 Å². The third kappa shape index (κ3) is 3.52. The van der Waals surface area contributed by atoms with Crippen molar-refractivity contribution in [3.8, 4) is 16.7 Å². The molecule has 0 saturated heterocycles. The summed E-state index contributed by atoms with van der Waals surface area (Å²) < 4.78 is 44.7. The van der Waals surface area contributed by atoms with Crippen LogP contribution in [0.25, 0.3) is 0 Å². The molecule has 1 aromatic heterocycles. The highest BCUT2D eigenvalue weighted by Gasteiger charge is 2.30. The molecule has 2 N–H and O–H groups in total. The van der Waals surface area contributed by atoms with Crippen molar-refractivity contribution in [2.24, 2.45) is 0 Å². The second-order valence-corrected chi connectivity index (χ2v) is 4.17. The number of nitrogens with zero attached hydrogens (tertiary/aromatic N) is 1. The van der Waals surface area contributed by atoms with Gasteiger partial charge in [0.15, 0.2) is 0 Å². The van der Waals surface area contributed by atoms with Crippen LogP contribution >= 0.6 is 11.3 Å². The summed E-state index contributed by atoms with van der Waals surface area (Å²) in [7, 11) is 0. The molecule has 8 heteroatoms. The molecule has 1 heterocycles. The Bertz CT molecular complexity index is 525. The van der Waals surface area contributed by atoms with E-state index in [1.807, 2.05) is 0 Å². The molecule has 2 rings (SSSR count). The fourth-order valence-corrected chi connectivity index (χ4v) is 1.68. The summed E-state index contributed by atoms with van der Waals surface area (Å²) in [5, 5.41) is 0.805. The third-order valence-electron chi connectivity index (χ3n) is 1.76. The van der Waals surface area contributed by atoms with Crippen molar-refractivity contribution in [2.45, 2.75) is 6.36 Å². The minimum absolute atomic E-state index is 0.312. The molecule has 0 saturated carbocycles. The monoisotopic (exact) mass is 276 g/mol. The number of halogens is 3. The Balaban J connectivity index is 2.04. The van der Waals surface area contributed by atoms with Gasteiger partial charge in [-0.05, 0) is 24.3 Å². The maximum Gasteiger partial charge on any atom is 0.573 e. The van der Waals surface area contributed by atoms with Gasteiger partial charge >= 0.3 is 6.36 Å². The van der Waals surface area contributed by atoms with Gasteiger partial charge in [-0.15, -0.1) is 13.2 Å². The van der Waals surface area contributed by atoms with Crippen LogP contribution in [0.15, 0.2) is 30.5 Å². The first-order valence-corrected chi connectivity index (χ1v) is 5.49. The number of alkyl halides is 3. The van der Waals surface area contributed by atoms with Crippen LogP contribution in [-0.2, 0) is 0 Å². The fraction of sp³-hybridized carbons (Fsp3) is 0.100. The number of nitrogen functional groups attached to an aromatic ring is 1. The molecular formula is C10H7F3N2O2S. The summed E-state index contributed by atoms with van der Waals surface area (Å²) in [6.45, 7) is 0. The van der Waals surface area contributed by atoms with Crippen LogP contribution in [0.4, 0.5) is 18.2 Å². The first-order chi connectivity index (χ1) is 8.42. The molecule has 96 valence electrons. The average molecular weight is 276 g/mol. The van der Waals surface area contributed by atoms with Crippen molar-refractivity contribution in [2.75, 3.05) is 5.73 Å². The van der Waals surface area contributed by atoms with E-state index in [1.54, 1.807) is 0 Å². The van der Waals surface area contributed by atoms with E-state index in [0.717, 1.165) is 23.5 Å². The Morgan fingerprint density at radius 3 is 2.22 bits per heavy atom. The Labute approximate surface area is 104 Å². The summed E-state index contributed by atoms with van der Waals surface area (Å²) in [5.41, 5.74) is 5.46. The van der Waals surface area contributed by atoms with Gasteiger partial charge in [0.05, 0.1) is 6.20 Å². The van der Waals surface area contributed by atoms with E-state index in [-0.39, 0.29) is 5.75 Å². The maximum absolute atomic E-state index is 11.9. The van der Waals surface area contributed by atoms with Gasteiger partial charge in [0.1, 0.15) is 16.5 Å². The van der Waals surface area contributed by atoms with Gasteiger partial charge in [0.2, 0.25) is 0 Å². The Morgan fingerprint density at radius 1 is 1.11 bits per heavy atom. The minimum atomic E-state index is -4.70. The summed E-state index contributed by atoms with van der Waals surface area (Å²) >= 11 is 1.13. The van der Waals surface area contributed by atoms with Gasteiger partial charge in [-0.3, -0.25) is 0 Å². The lowest BCUT2D eigenvalue weighted by atomic mass is 10.3. The van der Waals surface area contributed by atoms with E-state index in [0.29, 0.717) is 15.9 Å². The average Bonchev–Trinajstić information content (AvgIpc) is 2.65. The van der Waals surface area contributed by atoms with Crippen LogP contribution < -0.4 is 15.2 Å². The van der Waals surface area contributed by atoms with E-state index >= 15 is 0 Å². The molecule has 0 unspecified atom stereocenters. The molecule has 4 nitrogen and oxygen atoms in total. The van der Waals surface area contributed by atoms with Gasteiger partial charge in [0.25, 0.3) is 5.19 Å². The van der Waals surface area contributed by atoms with E-state index in [9.17, 15) is 13.2 Å². The van der Waals surface area contributed by atoms with Crippen molar-refractivity contribution >= 4 is 16.3 Å². The van der Waals surface area contributed by atoms with Crippen molar-refractivity contribution in [1.82, 2.24) is 4.98 Å². The Hall–Kier alpha value is -1.96. The molecule has 0 radical (unpaired) electrons. The lowest BCUT2D eigenvalue weighted by Crippen LogP contribution is -2.16. The number of ether oxygens (including phenoxy) is 2. The predicted molar refractivity (Wildman–Crippen MR) is 59.7 cm³/mol. The SMILES string of the molecule is Nc1cnc(Oc2ccc(OC(F)(F)F)cc2)s1. The van der Waals surface area contributed by atoms with Crippen LogP contribution in [0, 0.1) is 0 Å². The van der Waals surface area contributed by atoms with Crippen molar-refractivity contribution in [3.63, 3.8) is 0 Å². The number of rotatable bonds is 3. The van der Waals surface area contributed by atoms with E-state index in [1.165, 1.54) is 18.3 Å². The first kappa shape index (κ1) is 12.5. The van der Waals surface area contributed by atoms with E-state index < -0.39 is 6.36 Å². The normalized spacial score (nSPS) is 11.3. The van der Waals surface area contributed by atoms with Gasteiger partial charge in [-0.1, -0.05) is 11.3 Å². The standard InChI is InChI=1S/C10H7F3N2O2S/c11-10(12,13)17-7-3-1-6(2-4-7)16-9-15-5-8(14)18-9/h1-5H,14H2. The van der Waals surface area contributed by atoms with Gasteiger partial charge in [-0.25, -0.2) is 4.98 Å². The molecule has 0 bridgehead atoms. The number of benzene rings is 1. The summed E-state index contributed by atoms with van der Waals surface area (Å²) in [6.07, 6.45) is -3.27. The molecule has 1 aromatic carbocycles. The smallest absolute Gasteiger partial charge is 0.431 e. The van der Waals surface area contributed by atoms with Crippen molar-refractivity contribution in [1.29, 1.82) is 0 Å². The van der Waals surface area contributed by atoms with Crippen LogP contribution in [0.2, 0.25) is 0 Å². The first-order valence-electron chi connectivity index (χ1n) is 4.67. The molecule has 0 amide bonds. The summed E-state index contributed by atoms with van der Waals surface area (Å²) in [4.78, 5) is 3.85. The number of anilines is 1. The number of nitrogens with two attached hydrogens (primary N) is 1. The highest BCUT2D eigenvalue weighted by atomic mass is 32.1. The summed E-state index contributed by atoms with van der Waals surface area (Å²) in [6, 6.07) is 5.00. The Morgan fingerprint density at radius 2 is 1.72 bits per heavy atom. The maximum atomic E-state index is 11.9. The van der Waals surface area contributed by atoms with Crippen molar-refractivity contribution in [3.05, 3.63) is 30.5 Å². The molecule has 2 aromatic rings. The van der Waals surface area contributed by atoms with Crippen LogP contribution in [0.3, 0.4) is 0 Å². The van der Waals surface area contributed by atoms with Gasteiger partial charge in [0, 0.05) is 0 Å². The lowest BCUT2D eigenvalue weighted by molar-refractivity contribution is -0.274. The van der Waals surface area contributed by atoms with Crippen molar-refractivity contribution < 1.29 is 22.6 Å². The van der Waals surface area contributed by atoms with Gasteiger partial charge in [-0.2, -0.15) is 0 Å². The zero-order chi connectivity index (χ0) is 13.2. The quantitative estimate of drug-likeness (QED) is 0.933. The molecule has 0 aliphatic heterocycles. The number of hydrogen-bond donors (Lipinski definition) is 1. The van der Waals surface area contributed by atoms with E-state index in [4.69, 9.17) is 10.5 Å². The molecule has 0 aliphatic rings. The minimum Gasteiger partial charge on any atom is -0.431 e. The van der Waals surface area contributed by atoms with Crippen LogP contribution in [-0.4, -0.2) is 11.3 Å². The van der Waals surface area contributed by atoms with Crippen LogP contribution in [0.1, 0.15) is 0 Å². The molecule has 0 atom stereocenters. The molecule has 18 heavy (non-hydrogen) atoms. The van der Waals surface area contributed by atoms with Gasteiger partial charge < -0.3 is 15.2 Å². The molecule has 0 fully saturated rings. The summed E-state index contributed by atoms with van der Waals surface area (Å²) in [5.74, 6) is 0.0346. The van der Waals surface area contributed by atoms with E-state index in [2.05, 4.69) is 9.72 Å². The lowest BCUT2D eigenvalue weighted by Gasteiger charge is -2.09. The predicted octanol–water partition coefficient (Wildman–Crippen LogP) is 3.42. The zero-order valence-corrected chi connectivity index (χ0v) is 9.59.